The number of nitrogens with one attached hydrogen (secondary N) is 1. The summed E-state index contributed by atoms with van der Waals surface area (Å²) < 4.78 is 2.23. The van der Waals surface area contributed by atoms with E-state index in [0.29, 0.717) is 17.0 Å². The van der Waals surface area contributed by atoms with E-state index in [1.807, 2.05) is 59.8 Å². The molecule has 2 aromatic carbocycles. The Morgan fingerprint density at radius 3 is 2.36 bits per heavy atom. The third kappa shape index (κ3) is 6.45. The standard InChI is InChI=1S/C22H28N4O.C9H6N2.ClH/c1-24-9-11-25(12-10-24)22(27)20-16-26(15-17-5-3-2-4-6-17)21-13-18(14-23)7-8-19(20)21;10-6-7-1-2-8-3-4-11-9(8)5-7;/h7-8,13,16-17H,2-6,9-12,15H2,1H3;1-5,11H;1H. The molecular formula is C31H35ClN6O. The molecule has 0 spiro atoms. The van der Waals surface area contributed by atoms with E-state index >= 15 is 0 Å². The first kappa shape index (κ1) is 28.2. The molecule has 2 aliphatic rings. The summed E-state index contributed by atoms with van der Waals surface area (Å²) in [5.41, 5.74) is 4.18. The number of H-pyrrole nitrogens is 1. The van der Waals surface area contributed by atoms with Crippen LogP contribution in [0.1, 0.15) is 53.6 Å². The molecule has 202 valence electrons. The predicted molar refractivity (Wildman–Crippen MR) is 157 cm³/mol. The van der Waals surface area contributed by atoms with E-state index < -0.39 is 0 Å². The first-order valence-corrected chi connectivity index (χ1v) is 13.5. The van der Waals surface area contributed by atoms with Gasteiger partial charge in [-0.15, -0.1) is 12.4 Å². The van der Waals surface area contributed by atoms with Crippen LogP contribution < -0.4 is 0 Å². The van der Waals surface area contributed by atoms with E-state index in [1.165, 1.54) is 32.1 Å². The van der Waals surface area contributed by atoms with E-state index in [9.17, 15) is 10.1 Å². The van der Waals surface area contributed by atoms with Gasteiger partial charge in [0.2, 0.25) is 0 Å². The fourth-order valence-corrected chi connectivity index (χ4v) is 5.63. The van der Waals surface area contributed by atoms with Crippen molar-refractivity contribution < 1.29 is 4.79 Å². The van der Waals surface area contributed by atoms with Crippen molar-refractivity contribution in [2.75, 3.05) is 33.2 Å². The number of hydrogen-bond donors (Lipinski definition) is 1. The number of hydrogen-bond acceptors (Lipinski definition) is 4. The van der Waals surface area contributed by atoms with Crippen molar-refractivity contribution in [3.8, 4) is 12.1 Å². The van der Waals surface area contributed by atoms with Crippen LogP contribution in [0.25, 0.3) is 21.8 Å². The monoisotopic (exact) mass is 542 g/mol. The lowest BCUT2D eigenvalue weighted by Crippen LogP contribution is -2.47. The SMILES string of the molecule is CN1CCN(C(=O)c2cn(CC3CCCCC3)c3cc(C#N)ccc23)CC1.Cl.N#Cc1ccc2cc[nH]c2c1. The molecule has 39 heavy (non-hydrogen) atoms. The summed E-state index contributed by atoms with van der Waals surface area (Å²) in [6.45, 7) is 4.35. The van der Waals surface area contributed by atoms with Gasteiger partial charge in [0.05, 0.1) is 34.3 Å². The lowest BCUT2D eigenvalue weighted by atomic mass is 9.89. The molecule has 0 bridgehead atoms. The molecule has 4 aromatic rings. The smallest absolute Gasteiger partial charge is 0.256 e. The fraction of sp³-hybridized carbons (Fsp3) is 0.387. The number of carbonyl (C=O) groups is 1. The van der Waals surface area contributed by atoms with Crippen molar-refractivity contribution in [3.05, 3.63) is 71.5 Å². The van der Waals surface area contributed by atoms with E-state index in [1.54, 1.807) is 0 Å². The highest BCUT2D eigenvalue weighted by atomic mass is 35.5. The maximum Gasteiger partial charge on any atom is 0.256 e. The molecule has 0 radical (unpaired) electrons. The second-order valence-electron chi connectivity index (χ2n) is 10.5. The molecule has 1 N–H and O–H groups in total. The predicted octanol–water partition coefficient (Wildman–Crippen LogP) is 5.94. The van der Waals surface area contributed by atoms with Crippen LogP contribution in [0.5, 0.6) is 0 Å². The number of likely N-dealkylation sites (N-methyl/N-ethyl adjacent to an activating group) is 1. The number of piperazine rings is 1. The number of amides is 1. The van der Waals surface area contributed by atoms with Gasteiger partial charge in [-0.25, -0.2) is 0 Å². The van der Waals surface area contributed by atoms with Gasteiger partial charge in [0.15, 0.2) is 0 Å². The van der Waals surface area contributed by atoms with Gasteiger partial charge in [0.25, 0.3) is 5.91 Å². The van der Waals surface area contributed by atoms with Crippen molar-refractivity contribution in [1.29, 1.82) is 10.5 Å². The van der Waals surface area contributed by atoms with Gasteiger partial charge in [-0.3, -0.25) is 4.79 Å². The van der Waals surface area contributed by atoms with Crippen molar-refractivity contribution in [1.82, 2.24) is 19.4 Å². The Labute approximate surface area is 236 Å². The van der Waals surface area contributed by atoms with Crippen LogP contribution in [0.15, 0.2) is 54.9 Å². The summed E-state index contributed by atoms with van der Waals surface area (Å²) >= 11 is 0. The molecule has 1 saturated carbocycles. The van der Waals surface area contributed by atoms with Crippen molar-refractivity contribution in [2.24, 2.45) is 5.92 Å². The molecule has 0 atom stereocenters. The Hall–Kier alpha value is -3.78. The minimum absolute atomic E-state index is 0. The molecular weight excluding hydrogens is 508 g/mol. The number of aromatic nitrogens is 2. The number of benzene rings is 2. The van der Waals surface area contributed by atoms with Gasteiger partial charge in [0.1, 0.15) is 0 Å². The number of carbonyl (C=O) groups excluding carboxylic acids is 1. The Morgan fingerprint density at radius 1 is 0.949 bits per heavy atom. The molecule has 6 rings (SSSR count). The van der Waals surface area contributed by atoms with Crippen LogP contribution in [0.3, 0.4) is 0 Å². The Bertz CT molecular complexity index is 1510. The van der Waals surface area contributed by atoms with Crippen LogP contribution in [0, 0.1) is 28.6 Å². The zero-order valence-electron chi connectivity index (χ0n) is 22.4. The molecule has 3 heterocycles. The summed E-state index contributed by atoms with van der Waals surface area (Å²) in [5, 5.41) is 20.0. The Balaban J connectivity index is 0.000000246. The zero-order chi connectivity index (χ0) is 26.5. The van der Waals surface area contributed by atoms with Gasteiger partial charge in [-0.2, -0.15) is 10.5 Å². The van der Waals surface area contributed by atoms with Crippen LogP contribution in [0.2, 0.25) is 0 Å². The minimum Gasteiger partial charge on any atom is -0.361 e. The first-order chi connectivity index (χ1) is 18.6. The molecule has 1 aliphatic carbocycles. The maximum absolute atomic E-state index is 13.2. The third-order valence-corrected chi connectivity index (χ3v) is 7.90. The number of rotatable bonds is 3. The number of aromatic amines is 1. The summed E-state index contributed by atoms with van der Waals surface area (Å²) in [7, 11) is 2.10. The highest BCUT2D eigenvalue weighted by Crippen LogP contribution is 2.30. The molecule has 1 amide bonds. The molecule has 0 unspecified atom stereocenters. The summed E-state index contributed by atoms with van der Waals surface area (Å²) in [6, 6.07) is 17.6. The van der Waals surface area contributed by atoms with Crippen LogP contribution in [0.4, 0.5) is 0 Å². The summed E-state index contributed by atoms with van der Waals surface area (Å²) in [4.78, 5) is 20.5. The number of halogens is 1. The van der Waals surface area contributed by atoms with Gasteiger partial charge in [-0.05, 0) is 61.5 Å². The number of nitrogens with zero attached hydrogens (tertiary/aromatic N) is 5. The Morgan fingerprint density at radius 2 is 1.64 bits per heavy atom. The largest absolute Gasteiger partial charge is 0.361 e. The van der Waals surface area contributed by atoms with E-state index in [-0.39, 0.29) is 18.3 Å². The highest BCUT2D eigenvalue weighted by Gasteiger charge is 2.25. The van der Waals surface area contributed by atoms with Gasteiger partial charge >= 0.3 is 0 Å². The molecule has 2 aromatic heterocycles. The molecule has 7 nitrogen and oxygen atoms in total. The average Bonchev–Trinajstić information content (AvgIpc) is 3.58. The highest BCUT2D eigenvalue weighted by molar-refractivity contribution is 6.07. The van der Waals surface area contributed by atoms with E-state index in [4.69, 9.17) is 5.26 Å². The third-order valence-electron chi connectivity index (χ3n) is 7.90. The number of fused-ring (bicyclic) bond motifs is 2. The summed E-state index contributed by atoms with van der Waals surface area (Å²) in [5.74, 6) is 0.798. The van der Waals surface area contributed by atoms with Crippen molar-refractivity contribution in [3.63, 3.8) is 0 Å². The van der Waals surface area contributed by atoms with Gasteiger partial charge in [-0.1, -0.05) is 31.4 Å². The topological polar surface area (TPSA) is 91.8 Å². The van der Waals surface area contributed by atoms with Crippen molar-refractivity contribution >= 4 is 40.1 Å². The zero-order valence-corrected chi connectivity index (χ0v) is 23.2. The van der Waals surface area contributed by atoms with E-state index in [2.05, 4.69) is 33.6 Å². The second kappa shape index (κ2) is 12.8. The lowest BCUT2D eigenvalue weighted by molar-refractivity contribution is 0.0665. The van der Waals surface area contributed by atoms with Crippen molar-refractivity contribution in [2.45, 2.75) is 38.6 Å². The van der Waals surface area contributed by atoms with E-state index in [0.717, 1.165) is 60.1 Å². The second-order valence-corrected chi connectivity index (χ2v) is 10.5. The Kier molecular flexibility index (Phi) is 9.30. The van der Waals surface area contributed by atoms with Crippen LogP contribution in [-0.4, -0.2) is 58.5 Å². The summed E-state index contributed by atoms with van der Waals surface area (Å²) in [6.07, 6.45) is 10.4. The van der Waals surface area contributed by atoms with Gasteiger partial charge < -0.3 is 19.4 Å². The average molecular weight is 543 g/mol. The molecule has 1 saturated heterocycles. The minimum atomic E-state index is 0. The first-order valence-electron chi connectivity index (χ1n) is 13.5. The fourth-order valence-electron chi connectivity index (χ4n) is 5.63. The van der Waals surface area contributed by atoms with Crippen LogP contribution in [-0.2, 0) is 6.54 Å². The number of nitriles is 2. The maximum atomic E-state index is 13.2. The normalized spacial score (nSPS) is 16.1. The lowest BCUT2D eigenvalue weighted by Gasteiger charge is -2.32. The van der Waals surface area contributed by atoms with Gasteiger partial charge in [0, 0.05) is 56.0 Å². The quantitative estimate of drug-likeness (QED) is 0.346. The molecule has 1 aliphatic heterocycles. The molecule has 8 heteroatoms. The van der Waals surface area contributed by atoms with Crippen LogP contribution >= 0.6 is 12.4 Å². The molecule has 2 fully saturated rings.